The predicted octanol–water partition coefficient (Wildman–Crippen LogP) is 9.08. The Labute approximate surface area is 206 Å². The molecule has 3 nitrogen and oxygen atoms in total. The zero-order chi connectivity index (χ0) is 24.6. The molecule has 0 bridgehead atoms. The Morgan fingerprint density at radius 1 is 0.824 bits per heavy atom. The Bertz CT molecular complexity index is 1070. The highest BCUT2D eigenvalue weighted by Gasteiger charge is 2.32. The van der Waals surface area contributed by atoms with Gasteiger partial charge >= 0.3 is 0 Å². The van der Waals surface area contributed by atoms with Gasteiger partial charge in [-0.2, -0.15) is 4.39 Å². The van der Waals surface area contributed by atoms with Crippen LogP contribution in [0, 0.1) is 5.95 Å². The second kappa shape index (κ2) is 12.5. The third kappa shape index (κ3) is 6.71. The summed E-state index contributed by atoms with van der Waals surface area (Å²) >= 11 is 0. The monoisotopic (exact) mass is 483 g/mol. The van der Waals surface area contributed by atoms with Crippen LogP contribution in [0.4, 0.5) is 4.39 Å². The third-order valence-corrected chi connectivity index (χ3v) is 10.6. The van der Waals surface area contributed by atoms with Crippen LogP contribution in [-0.2, 0) is 0 Å². The van der Waals surface area contributed by atoms with Crippen LogP contribution >= 0.6 is 0 Å². The summed E-state index contributed by atoms with van der Waals surface area (Å²) < 4.78 is 27.4. The van der Waals surface area contributed by atoms with E-state index in [2.05, 4.69) is 38.8 Å². The Hall–Kier alpha value is -2.14. The molecule has 5 heteroatoms. The van der Waals surface area contributed by atoms with Crippen LogP contribution in [0.3, 0.4) is 0 Å². The molecule has 0 aliphatic rings. The molecule has 0 aliphatic carbocycles. The van der Waals surface area contributed by atoms with Crippen LogP contribution < -0.4 is 9.47 Å². The second-order valence-corrected chi connectivity index (χ2v) is 15.3. The first-order valence-corrected chi connectivity index (χ1v) is 16.5. The summed E-state index contributed by atoms with van der Waals surface area (Å²) in [6.07, 6.45) is 9.22. The van der Waals surface area contributed by atoms with E-state index in [0.29, 0.717) is 23.3 Å². The van der Waals surface area contributed by atoms with Gasteiger partial charge in [-0.05, 0) is 48.6 Å². The van der Waals surface area contributed by atoms with Crippen molar-refractivity contribution in [2.24, 2.45) is 0 Å². The summed E-state index contributed by atoms with van der Waals surface area (Å²) in [5, 5.41) is 2.30. The van der Waals surface area contributed by atoms with Crippen LogP contribution in [0.5, 0.6) is 11.5 Å². The normalized spacial score (nSPS) is 12.9. The van der Waals surface area contributed by atoms with Crippen molar-refractivity contribution in [3.05, 3.63) is 42.3 Å². The van der Waals surface area contributed by atoms with E-state index in [1.807, 2.05) is 30.3 Å². The highest BCUT2D eigenvalue weighted by Crippen LogP contribution is 2.32. The molecular formula is C29H42FNO2Si. The summed E-state index contributed by atoms with van der Waals surface area (Å²) in [4.78, 5) is 4.30. The molecule has 1 atom stereocenters. The number of nitrogens with zero attached hydrogens (tertiary/aromatic N) is 1. The SMILES string of the molecule is CCCCCCOc1ccc2c(c1)c(F)nc1cc(OC(CCC)[Si](C)(C)CCCC)ccc12. The standard InChI is InChI=1S/C29H42FNO2Si/c1-6-9-11-12-18-32-22-14-16-24-25-17-15-23(21-27(25)31-29(30)26(24)20-22)33-28(13-8-3)34(4,5)19-10-7-2/h14-17,20-21,28H,6-13,18-19H2,1-5H3. The molecule has 3 aromatic rings. The van der Waals surface area contributed by atoms with Gasteiger partial charge in [0, 0.05) is 16.8 Å². The molecule has 0 saturated carbocycles. The minimum Gasteiger partial charge on any atom is -0.494 e. The van der Waals surface area contributed by atoms with Gasteiger partial charge in [-0.25, -0.2) is 4.98 Å². The van der Waals surface area contributed by atoms with Crippen molar-refractivity contribution < 1.29 is 13.9 Å². The van der Waals surface area contributed by atoms with Gasteiger partial charge in [0.05, 0.1) is 25.9 Å². The van der Waals surface area contributed by atoms with Gasteiger partial charge in [0.1, 0.15) is 11.5 Å². The molecule has 0 amide bonds. The number of rotatable bonds is 14. The fourth-order valence-electron chi connectivity index (χ4n) is 4.64. The van der Waals surface area contributed by atoms with Crippen molar-refractivity contribution >= 4 is 29.7 Å². The molecule has 1 aromatic heterocycles. The van der Waals surface area contributed by atoms with Gasteiger partial charge in [-0.1, -0.05) is 78.4 Å². The molecule has 1 heterocycles. The molecule has 2 aromatic carbocycles. The van der Waals surface area contributed by atoms with Crippen LogP contribution in [0.25, 0.3) is 21.7 Å². The topological polar surface area (TPSA) is 31.4 Å². The lowest BCUT2D eigenvalue weighted by atomic mass is 10.1. The van der Waals surface area contributed by atoms with E-state index < -0.39 is 14.0 Å². The maximum Gasteiger partial charge on any atom is 0.221 e. The largest absolute Gasteiger partial charge is 0.494 e. The number of aromatic nitrogens is 1. The van der Waals surface area contributed by atoms with E-state index in [1.165, 1.54) is 31.7 Å². The molecule has 1 unspecified atom stereocenters. The maximum absolute atomic E-state index is 15.0. The second-order valence-electron chi connectivity index (χ2n) is 10.2. The lowest BCUT2D eigenvalue weighted by Gasteiger charge is -2.33. The lowest BCUT2D eigenvalue weighted by molar-refractivity contribution is 0.256. The smallest absolute Gasteiger partial charge is 0.221 e. The summed E-state index contributed by atoms with van der Waals surface area (Å²) in [7, 11) is -1.54. The first-order valence-electron chi connectivity index (χ1n) is 13.2. The third-order valence-electron chi connectivity index (χ3n) is 6.83. The molecule has 0 aliphatic heterocycles. The molecule has 0 spiro atoms. The average Bonchev–Trinajstić information content (AvgIpc) is 2.82. The number of benzene rings is 2. The Morgan fingerprint density at radius 2 is 1.56 bits per heavy atom. The molecule has 3 rings (SSSR count). The van der Waals surface area contributed by atoms with Crippen molar-refractivity contribution in [2.75, 3.05) is 6.61 Å². The summed E-state index contributed by atoms with van der Waals surface area (Å²) in [5.41, 5.74) is 0.892. The Morgan fingerprint density at radius 3 is 2.29 bits per heavy atom. The van der Waals surface area contributed by atoms with Gasteiger partial charge in [-0.15, -0.1) is 0 Å². The highest BCUT2D eigenvalue weighted by atomic mass is 28.3. The minimum absolute atomic E-state index is 0.254. The summed E-state index contributed by atoms with van der Waals surface area (Å²) in [5.74, 6) is 1.03. The molecule has 0 saturated heterocycles. The fourth-order valence-corrected chi connectivity index (χ4v) is 7.75. The first kappa shape index (κ1) is 26.5. The Kier molecular flexibility index (Phi) is 9.75. The van der Waals surface area contributed by atoms with Crippen molar-refractivity contribution in [3.63, 3.8) is 0 Å². The first-order chi connectivity index (χ1) is 16.4. The fraction of sp³-hybridized carbons (Fsp3) is 0.552. The number of ether oxygens (including phenoxy) is 2. The minimum atomic E-state index is -1.54. The molecule has 34 heavy (non-hydrogen) atoms. The zero-order valence-corrected chi connectivity index (χ0v) is 22.8. The van der Waals surface area contributed by atoms with E-state index in [-0.39, 0.29) is 5.73 Å². The summed E-state index contributed by atoms with van der Waals surface area (Å²) in [6.45, 7) is 12.2. The van der Waals surface area contributed by atoms with Crippen LogP contribution in [0.2, 0.25) is 19.1 Å². The van der Waals surface area contributed by atoms with Gasteiger partial charge in [0.15, 0.2) is 0 Å². The average molecular weight is 484 g/mol. The van der Waals surface area contributed by atoms with E-state index >= 15 is 4.39 Å². The van der Waals surface area contributed by atoms with Crippen molar-refractivity contribution in [1.29, 1.82) is 0 Å². The van der Waals surface area contributed by atoms with E-state index in [1.54, 1.807) is 6.07 Å². The molecule has 0 radical (unpaired) electrons. The van der Waals surface area contributed by atoms with Crippen molar-refractivity contribution in [2.45, 2.75) is 97.0 Å². The van der Waals surface area contributed by atoms with Crippen molar-refractivity contribution in [1.82, 2.24) is 4.98 Å². The predicted molar refractivity (Wildman–Crippen MR) is 145 cm³/mol. The quantitative estimate of drug-likeness (QED) is 0.0991. The summed E-state index contributed by atoms with van der Waals surface area (Å²) in [6, 6.07) is 12.9. The number of unbranched alkanes of at least 4 members (excludes halogenated alkanes) is 4. The number of hydrogen-bond acceptors (Lipinski definition) is 3. The zero-order valence-electron chi connectivity index (χ0n) is 21.8. The number of hydrogen-bond donors (Lipinski definition) is 0. The van der Waals surface area contributed by atoms with Crippen LogP contribution in [0.1, 0.15) is 72.1 Å². The van der Waals surface area contributed by atoms with E-state index in [0.717, 1.165) is 42.2 Å². The van der Waals surface area contributed by atoms with Gasteiger partial charge in [0.25, 0.3) is 0 Å². The molecule has 186 valence electrons. The Balaban J connectivity index is 1.83. The van der Waals surface area contributed by atoms with Crippen LogP contribution in [-0.4, -0.2) is 25.4 Å². The number of fused-ring (bicyclic) bond motifs is 3. The molecule has 0 N–H and O–H groups in total. The highest BCUT2D eigenvalue weighted by molar-refractivity contribution is 6.78. The molecule has 0 fully saturated rings. The van der Waals surface area contributed by atoms with E-state index in [4.69, 9.17) is 9.47 Å². The lowest BCUT2D eigenvalue weighted by Crippen LogP contribution is -2.45. The van der Waals surface area contributed by atoms with Crippen molar-refractivity contribution in [3.8, 4) is 11.5 Å². The van der Waals surface area contributed by atoms with Crippen LogP contribution in [0.15, 0.2) is 36.4 Å². The maximum atomic E-state index is 15.0. The van der Waals surface area contributed by atoms with Gasteiger partial charge < -0.3 is 9.47 Å². The van der Waals surface area contributed by atoms with Gasteiger partial charge in [0.2, 0.25) is 5.95 Å². The van der Waals surface area contributed by atoms with Gasteiger partial charge in [-0.3, -0.25) is 0 Å². The molecular weight excluding hydrogens is 441 g/mol. The number of halogens is 1. The van der Waals surface area contributed by atoms with E-state index in [9.17, 15) is 0 Å². The number of pyridine rings is 1.